The van der Waals surface area contributed by atoms with Gasteiger partial charge in [0.2, 0.25) is 0 Å². The molecule has 1 unspecified atom stereocenters. The molecule has 0 aliphatic heterocycles. The van der Waals surface area contributed by atoms with Crippen LogP contribution in [0.25, 0.3) is 16.9 Å². The lowest BCUT2D eigenvalue weighted by Gasteiger charge is -2.22. The molecule has 186 valence electrons. The van der Waals surface area contributed by atoms with Crippen molar-refractivity contribution in [3.8, 4) is 11.3 Å². The van der Waals surface area contributed by atoms with Gasteiger partial charge in [0, 0.05) is 36.3 Å². The number of benzene rings is 1. The third kappa shape index (κ3) is 6.73. The minimum Gasteiger partial charge on any atom is -0.369 e. The average Bonchev–Trinajstić information content (AvgIpc) is 3.21. The second-order valence-electron chi connectivity index (χ2n) is 8.27. The van der Waals surface area contributed by atoms with E-state index in [2.05, 4.69) is 32.6 Å². The Morgan fingerprint density at radius 1 is 1.26 bits per heavy atom. The molecule has 0 radical (unpaired) electrons. The van der Waals surface area contributed by atoms with Gasteiger partial charge in [0.1, 0.15) is 5.82 Å². The Morgan fingerprint density at radius 2 is 2.03 bits per heavy atom. The lowest BCUT2D eigenvalue weighted by atomic mass is 9.94. The molecular formula is C26H31F3N6. The molecule has 35 heavy (non-hydrogen) atoms. The Balaban J connectivity index is 0.000000225. The SMILES string of the molecule is C=CNC1=CCC(C(C)(F)F)C=C1.CNCCNc1cc(-c2ccccc2C)nc2c(F)cnn12. The zero-order valence-corrected chi connectivity index (χ0v) is 20.2. The number of aryl methyl sites for hydroxylation is 1. The Labute approximate surface area is 203 Å². The van der Waals surface area contributed by atoms with E-state index in [9.17, 15) is 13.2 Å². The van der Waals surface area contributed by atoms with Crippen LogP contribution in [0.1, 0.15) is 18.9 Å². The van der Waals surface area contributed by atoms with Gasteiger partial charge in [-0.3, -0.25) is 0 Å². The number of hydrogen-bond donors (Lipinski definition) is 3. The van der Waals surface area contributed by atoms with Crippen molar-refractivity contribution in [2.24, 2.45) is 5.92 Å². The minimum atomic E-state index is -2.63. The van der Waals surface area contributed by atoms with Crippen LogP contribution in [-0.4, -0.2) is 40.7 Å². The van der Waals surface area contributed by atoms with Crippen LogP contribution in [0.4, 0.5) is 19.0 Å². The Morgan fingerprint density at radius 3 is 2.66 bits per heavy atom. The smallest absolute Gasteiger partial charge is 0.251 e. The van der Waals surface area contributed by atoms with E-state index < -0.39 is 17.7 Å². The second-order valence-corrected chi connectivity index (χ2v) is 8.27. The topological polar surface area (TPSA) is 66.3 Å². The van der Waals surface area contributed by atoms with Gasteiger partial charge in [-0.05, 0) is 45.2 Å². The number of likely N-dealkylation sites (N-methyl/N-ethyl adjacent to an activating group) is 1. The summed E-state index contributed by atoms with van der Waals surface area (Å²) in [4.78, 5) is 4.42. The van der Waals surface area contributed by atoms with E-state index in [0.717, 1.165) is 41.8 Å². The molecule has 2 aromatic heterocycles. The summed E-state index contributed by atoms with van der Waals surface area (Å²) in [5.41, 5.74) is 3.88. The van der Waals surface area contributed by atoms with Gasteiger partial charge < -0.3 is 16.0 Å². The van der Waals surface area contributed by atoms with Crippen LogP contribution in [-0.2, 0) is 0 Å². The first-order valence-corrected chi connectivity index (χ1v) is 11.4. The highest BCUT2D eigenvalue weighted by Crippen LogP contribution is 2.31. The van der Waals surface area contributed by atoms with E-state index >= 15 is 0 Å². The number of fused-ring (bicyclic) bond motifs is 1. The van der Waals surface area contributed by atoms with E-state index in [-0.39, 0.29) is 5.65 Å². The van der Waals surface area contributed by atoms with Crippen molar-refractivity contribution in [2.75, 3.05) is 25.5 Å². The summed E-state index contributed by atoms with van der Waals surface area (Å²) in [7, 11) is 1.89. The van der Waals surface area contributed by atoms with Gasteiger partial charge in [-0.15, -0.1) is 0 Å². The van der Waals surface area contributed by atoms with Crippen LogP contribution in [0.2, 0.25) is 0 Å². The monoisotopic (exact) mass is 484 g/mol. The molecule has 0 bridgehead atoms. The molecule has 1 atom stereocenters. The molecule has 3 N–H and O–H groups in total. The number of rotatable bonds is 8. The van der Waals surface area contributed by atoms with Gasteiger partial charge in [-0.1, -0.05) is 43.0 Å². The molecule has 3 aromatic rings. The predicted molar refractivity (Wildman–Crippen MR) is 135 cm³/mol. The summed E-state index contributed by atoms with van der Waals surface area (Å²) in [5, 5.41) is 13.2. The maximum absolute atomic E-state index is 13.9. The van der Waals surface area contributed by atoms with Gasteiger partial charge in [0.05, 0.1) is 11.9 Å². The summed E-state index contributed by atoms with van der Waals surface area (Å²) >= 11 is 0. The number of alkyl halides is 2. The standard InChI is InChI=1S/C16H18FN5.C10H13F2N/c1-11-5-3-4-6-12(11)14-9-15(19-8-7-18-2)22-16(21-14)13(17)10-20-22;1-3-13-9-6-4-8(5-7-9)10(2,11)12/h3-6,9-10,18-19H,7-8H2,1-2H3;3-4,6-8,13H,1,5H2,2H3. The molecule has 1 aliphatic carbocycles. The van der Waals surface area contributed by atoms with Crippen LogP contribution >= 0.6 is 0 Å². The van der Waals surface area contributed by atoms with Crippen molar-refractivity contribution in [2.45, 2.75) is 26.2 Å². The minimum absolute atomic E-state index is 0.229. The fourth-order valence-corrected chi connectivity index (χ4v) is 3.60. The van der Waals surface area contributed by atoms with E-state index in [1.807, 2.05) is 44.3 Å². The number of anilines is 1. The van der Waals surface area contributed by atoms with Gasteiger partial charge in [0.25, 0.3) is 5.92 Å². The molecule has 6 nitrogen and oxygen atoms in total. The third-order valence-electron chi connectivity index (χ3n) is 5.55. The average molecular weight is 485 g/mol. The fraction of sp³-hybridized carbons (Fsp3) is 0.308. The first-order chi connectivity index (χ1) is 16.7. The number of allylic oxidation sites excluding steroid dienone is 3. The van der Waals surface area contributed by atoms with Crippen molar-refractivity contribution in [1.29, 1.82) is 0 Å². The fourth-order valence-electron chi connectivity index (χ4n) is 3.60. The van der Waals surface area contributed by atoms with Crippen LogP contribution in [0.3, 0.4) is 0 Å². The predicted octanol–water partition coefficient (Wildman–Crippen LogP) is 5.31. The third-order valence-corrected chi connectivity index (χ3v) is 5.55. The largest absolute Gasteiger partial charge is 0.369 e. The van der Waals surface area contributed by atoms with Crippen molar-refractivity contribution < 1.29 is 13.2 Å². The van der Waals surface area contributed by atoms with Crippen molar-refractivity contribution in [3.05, 3.63) is 84.6 Å². The van der Waals surface area contributed by atoms with Gasteiger partial charge in [0.15, 0.2) is 11.5 Å². The molecule has 1 aromatic carbocycles. The van der Waals surface area contributed by atoms with Crippen molar-refractivity contribution in [3.63, 3.8) is 0 Å². The highest BCUT2D eigenvalue weighted by atomic mass is 19.3. The highest BCUT2D eigenvalue weighted by molar-refractivity contribution is 5.69. The number of hydrogen-bond acceptors (Lipinski definition) is 5. The van der Waals surface area contributed by atoms with Gasteiger partial charge in [-0.2, -0.15) is 9.61 Å². The van der Waals surface area contributed by atoms with Crippen LogP contribution < -0.4 is 16.0 Å². The molecule has 1 aliphatic rings. The summed E-state index contributed by atoms with van der Waals surface area (Å²) in [6.07, 6.45) is 8.03. The Bertz CT molecular complexity index is 1210. The normalized spacial score (nSPS) is 15.3. The summed E-state index contributed by atoms with van der Waals surface area (Å²) in [5.74, 6) is -3.01. The molecule has 9 heteroatoms. The maximum Gasteiger partial charge on any atom is 0.251 e. The first kappa shape index (κ1) is 26.0. The van der Waals surface area contributed by atoms with Crippen LogP contribution in [0, 0.1) is 18.7 Å². The van der Waals surface area contributed by atoms with Gasteiger partial charge in [-0.25, -0.2) is 18.2 Å². The Kier molecular flexibility index (Phi) is 8.70. The van der Waals surface area contributed by atoms with Crippen LogP contribution in [0.5, 0.6) is 0 Å². The van der Waals surface area contributed by atoms with E-state index in [1.54, 1.807) is 12.2 Å². The summed E-state index contributed by atoms with van der Waals surface area (Å²) < 4.78 is 41.0. The molecule has 0 fully saturated rings. The maximum atomic E-state index is 13.9. The van der Waals surface area contributed by atoms with E-state index in [4.69, 9.17) is 0 Å². The molecule has 4 rings (SSSR count). The number of nitrogens with one attached hydrogen (secondary N) is 3. The second kappa shape index (κ2) is 11.7. The quantitative estimate of drug-likeness (QED) is 0.378. The van der Waals surface area contributed by atoms with E-state index in [0.29, 0.717) is 13.0 Å². The Hall–Kier alpha value is -3.59. The molecule has 0 amide bonds. The van der Waals surface area contributed by atoms with Crippen LogP contribution in [0.15, 0.2) is 73.2 Å². The zero-order valence-electron chi connectivity index (χ0n) is 20.2. The van der Waals surface area contributed by atoms with Crippen molar-refractivity contribution >= 4 is 11.5 Å². The van der Waals surface area contributed by atoms with Gasteiger partial charge >= 0.3 is 0 Å². The molecule has 0 saturated heterocycles. The summed E-state index contributed by atoms with van der Waals surface area (Å²) in [6.45, 7) is 7.96. The number of halogens is 3. The molecular weight excluding hydrogens is 453 g/mol. The van der Waals surface area contributed by atoms with E-state index in [1.165, 1.54) is 23.0 Å². The molecule has 2 heterocycles. The molecule has 0 spiro atoms. The summed E-state index contributed by atoms with van der Waals surface area (Å²) in [6, 6.07) is 9.83. The number of nitrogens with zero attached hydrogens (tertiary/aromatic N) is 3. The lowest BCUT2D eigenvalue weighted by Crippen LogP contribution is -2.24. The van der Waals surface area contributed by atoms with Crippen molar-refractivity contribution in [1.82, 2.24) is 25.2 Å². The highest BCUT2D eigenvalue weighted by Gasteiger charge is 2.32. The first-order valence-electron chi connectivity index (χ1n) is 11.4. The lowest BCUT2D eigenvalue weighted by molar-refractivity contribution is -0.0202. The molecule has 0 saturated carbocycles. The number of aromatic nitrogens is 3. The zero-order chi connectivity index (χ0) is 25.4.